The van der Waals surface area contributed by atoms with Gasteiger partial charge in [-0.25, -0.2) is 4.99 Å². The normalized spacial score (nSPS) is 16.6. The van der Waals surface area contributed by atoms with E-state index in [-0.39, 0.29) is 6.42 Å². The smallest absolute Gasteiger partial charge is 0.253 e. The fraction of sp³-hybridized carbons (Fsp3) is 0.200. The SMILES string of the molecule is Cc1noc(N=C2CC(=O)C(=O)c3ccccc32)c1C. The molecule has 0 aliphatic heterocycles. The van der Waals surface area contributed by atoms with E-state index in [1.54, 1.807) is 18.2 Å². The van der Waals surface area contributed by atoms with E-state index in [9.17, 15) is 9.59 Å². The first kappa shape index (κ1) is 12.5. The molecule has 0 amide bonds. The Balaban J connectivity index is 2.15. The van der Waals surface area contributed by atoms with Crippen molar-refractivity contribution in [3.63, 3.8) is 0 Å². The number of aromatic nitrogens is 1. The number of nitrogens with zero attached hydrogens (tertiary/aromatic N) is 2. The van der Waals surface area contributed by atoms with Crippen molar-refractivity contribution in [3.8, 4) is 0 Å². The number of hydrogen-bond donors (Lipinski definition) is 0. The van der Waals surface area contributed by atoms with E-state index in [4.69, 9.17) is 4.52 Å². The van der Waals surface area contributed by atoms with Crippen molar-refractivity contribution in [2.45, 2.75) is 20.3 Å². The van der Waals surface area contributed by atoms with Crippen LogP contribution in [0.3, 0.4) is 0 Å². The van der Waals surface area contributed by atoms with Crippen LogP contribution in [-0.4, -0.2) is 22.4 Å². The summed E-state index contributed by atoms with van der Waals surface area (Å²) in [7, 11) is 0. The molecule has 0 fully saturated rings. The number of benzene rings is 1. The van der Waals surface area contributed by atoms with Crippen molar-refractivity contribution >= 4 is 23.2 Å². The number of aryl methyl sites for hydroxylation is 1. The average molecular weight is 268 g/mol. The average Bonchev–Trinajstić information content (AvgIpc) is 2.76. The fourth-order valence-corrected chi connectivity index (χ4v) is 2.14. The standard InChI is InChI=1S/C15H12N2O3/c1-8-9(2)17-20-15(8)16-12-7-13(18)14(19)11-6-4-3-5-10(11)12/h3-6H,7H2,1-2H3. The highest BCUT2D eigenvalue weighted by Crippen LogP contribution is 2.26. The molecule has 100 valence electrons. The third kappa shape index (κ3) is 1.87. The van der Waals surface area contributed by atoms with Crippen molar-refractivity contribution in [3.05, 3.63) is 46.6 Å². The maximum absolute atomic E-state index is 11.8. The first-order valence-electron chi connectivity index (χ1n) is 6.25. The third-order valence-electron chi connectivity index (χ3n) is 3.43. The van der Waals surface area contributed by atoms with Gasteiger partial charge in [-0.15, -0.1) is 0 Å². The van der Waals surface area contributed by atoms with Gasteiger partial charge in [-0.3, -0.25) is 9.59 Å². The molecule has 5 heteroatoms. The molecule has 0 radical (unpaired) electrons. The second kappa shape index (κ2) is 4.52. The minimum atomic E-state index is -0.454. The molecule has 2 aromatic rings. The molecule has 0 atom stereocenters. The molecule has 1 aliphatic carbocycles. The summed E-state index contributed by atoms with van der Waals surface area (Å²) in [5.74, 6) is -0.518. The van der Waals surface area contributed by atoms with Gasteiger partial charge in [0.1, 0.15) is 0 Å². The van der Waals surface area contributed by atoms with E-state index < -0.39 is 11.6 Å². The molecule has 1 aliphatic rings. The van der Waals surface area contributed by atoms with Crippen molar-refractivity contribution in [2.24, 2.45) is 4.99 Å². The lowest BCUT2D eigenvalue weighted by Crippen LogP contribution is -2.27. The van der Waals surface area contributed by atoms with E-state index in [1.165, 1.54) is 0 Å². The summed E-state index contributed by atoms with van der Waals surface area (Å²) in [6, 6.07) is 6.98. The second-order valence-electron chi connectivity index (χ2n) is 4.73. The highest BCUT2D eigenvalue weighted by atomic mass is 16.5. The van der Waals surface area contributed by atoms with Crippen LogP contribution in [0.25, 0.3) is 0 Å². The van der Waals surface area contributed by atoms with Gasteiger partial charge in [-0.2, -0.15) is 0 Å². The van der Waals surface area contributed by atoms with E-state index >= 15 is 0 Å². The van der Waals surface area contributed by atoms with Gasteiger partial charge in [-0.05, 0) is 13.8 Å². The summed E-state index contributed by atoms with van der Waals surface area (Å²) in [5.41, 5.74) is 3.22. The van der Waals surface area contributed by atoms with Crippen LogP contribution in [0.15, 0.2) is 33.8 Å². The Bertz CT molecular complexity index is 756. The van der Waals surface area contributed by atoms with Gasteiger partial charge in [0, 0.05) is 16.7 Å². The van der Waals surface area contributed by atoms with E-state index in [2.05, 4.69) is 10.1 Å². The van der Waals surface area contributed by atoms with E-state index in [0.29, 0.717) is 22.7 Å². The topological polar surface area (TPSA) is 72.5 Å². The Morgan fingerprint density at radius 2 is 1.85 bits per heavy atom. The van der Waals surface area contributed by atoms with Gasteiger partial charge in [0.2, 0.25) is 11.6 Å². The maximum atomic E-state index is 11.8. The number of fused-ring (bicyclic) bond motifs is 1. The van der Waals surface area contributed by atoms with E-state index in [0.717, 1.165) is 11.3 Å². The van der Waals surface area contributed by atoms with Crippen LogP contribution < -0.4 is 0 Å². The van der Waals surface area contributed by atoms with Crippen LogP contribution >= 0.6 is 0 Å². The zero-order chi connectivity index (χ0) is 14.3. The number of ketones is 2. The summed E-state index contributed by atoms with van der Waals surface area (Å²) >= 11 is 0. The van der Waals surface area contributed by atoms with Gasteiger partial charge >= 0.3 is 0 Å². The summed E-state index contributed by atoms with van der Waals surface area (Å²) in [6.45, 7) is 3.68. The molecule has 0 bridgehead atoms. The maximum Gasteiger partial charge on any atom is 0.253 e. The molecule has 0 saturated heterocycles. The summed E-state index contributed by atoms with van der Waals surface area (Å²) in [6.07, 6.45) is -0.00493. The fourth-order valence-electron chi connectivity index (χ4n) is 2.14. The van der Waals surface area contributed by atoms with Gasteiger partial charge in [-0.1, -0.05) is 29.4 Å². The lowest BCUT2D eigenvalue weighted by molar-refractivity contribution is -0.114. The van der Waals surface area contributed by atoms with Gasteiger partial charge in [0.15, 0.2) is 0 Å². The molecule has 0 N–H and O–H groups in total. The first-order valence-corrected chi connectivity index (χ1v) is 6.25. The Morgan fingerprint density at radius 3 is 2.50 bits per heavy atom. The zero-order valence-corrected chi connectivity index (χ0v) is 11.1. The predicted molar refractivity (Wildman–Crippen MR) is 72.6 cm³/mol. The second-order valence-corrected chi connectivity index (χ2v) is 4.73. The molecule has 5 nitrogen and oxygen atoms in total. The Kier molecular flexibility index (Phi) is 2.82. The Hall–Kier alpha value is -2.56. The van der Waals surface area contributed by atoms with Gasteiger partial charge < -0.3 is 4.52 Å². The van der Waals surface area contributed by atoms with Crippen LogP contribution in [0.1, 0.15) is 33.6 Å². The van der Waals surface area contributed by atoms with Gasteiger partial charge in [0.05, 0.1) is 17.8 Å². The molecule has 3 rings (SSSR count). The minimum Gasteiger partial charge on any atom is -0.336 e. The van der Waals surface area contributed by atoms with Crippen molar-refractivity contribution in [1.29, 1.82) is 0 Å². The molecular formula is C15H12N2O3. The number of rotatable bonds is 1. The highest BCUT2D eigenvalue weighted by Gasteiger charge is 2.29. The summed E-state index contributed by atoms with van der Waals surface area (Å²) < 4.78 is 5.14. The molecular weight excluding hydrogens is 256 g/mol. The van der Waals surface area contributed by atoms with Crippen molar-refractivity contribution in [2.75, 3.05) is 0 Å². The number of Topliss-reactive ketones (excluding diaryl/α,β-unsaturated/α-hetero) is 2. The molecule has 20 heavy (non-hydrogen) atoms. The van der Waals surface area contributed by atoms with Crippen molar-refractivity contribution < 1.29 is 14.1 Å². The molecule has 1 aromatic carbocycles. The largest absolute Gasteiger partial charge is 0.336 e. The van der Waals surface area contributed by atoms with Crippen molar-refractivity contribution in [1.82, 2.24) is 5.16 Å². The molecule has 0 unspecified atom stereocenters. The van der Waals surface area contributed by atoms with Crippen LogP contribution in [-0.2, 0) is 4.79 Å². The predicted octanol–water partition coefficient (Wildman–Crippen LogP) is 2.57. The van der Waals surface area contributed by atoms with Crippen LogP contribution in [0.4, 0.5) is 5.88 Å². The van der Waals surface area contributed by atoms with Crippen LogP contribution in [0, 0.1) is 13.8 Å². The lowest BCUT2D eigenvalue weighted by Gasteiger charge is -2.15. The van der Waals surface area contributed by atoms with E-state index in [1.807, 2.05) is 19.9 Å². The highest BCUT2D eigenvalue weighted by molar-refractivity contribution is 6.51. The first-order chi connectivity index (χ1) is 9.58. The summed E-state index contributed by atoms with van der Waals surface area (Å²) in [4.78, 5) is 28.0. The monoisotopic (exact) mass is 268 g/mol. The molecule has 1 heterocycles. The van der Waals surface area contributed by atoms with Crippen LogP contribution in [0.2, 0.25) is 0 Å². The Labute approximate surface area is 115 Å². The Morgan fingerprint density at radius 1 is 1.15 bits per heavy atom. The lowest BCUT2D eigenvalue weighted by atomic mass is 9.88. The number of carbonyl (C=O) groups is 2. The van der Waals surface area contributed by atoms with Gasteiger partial charge in [0.25, 0.3) is 5.88 Å². The minimum absolute atomic E-state index is 0.00493. The molecule has 0 saturated carbocycles. The van der Waals surface area contributed by atoms with Crippen LogP contribution in [0.5, 0.6) is 0 Å². The number of aliphatic imine (C=N–C) groups is 1. The summed E-state index contributed by atoms with van der Waals surface area (Å²) in [5, 5.41) is 3.84. The quantitative estimate of drug-likeness (QED) is 0.745. The molecule has 0 spiro atoms. The number of carbonyl (C=O) groups excluding carboxylic acids is 2. The molecule has 1 aromatic heterocycles. The zero-order valence-electron chi connectivity index (χ0n) is 11.1. The number of hydrogen-bond acceptors (Lipinski definition) is 5. The third-order valence-corrected chi connectivity index (χ3v) is 3.43.